The molecule has 70 valence electrons. The molecule has 1 amide bonds. The van der Waals surface area contributed by atoms with E-state index in [9.17, 15) is 4.79 Å². The number of hydrogen-bond donors (Lipinski definition) is 3. The van der Waals surface area contributed by atoms with Crippen LogP contribution in [0.3, 0.4) is 0 Å². The number of aryl methyl sites for hydroxylation is 1. The predicted octanol–water partition coefficient (Wildman–Crippen LogP) is 1.73. The Hall–Kier alpha value is -0.680. The normalized spacial score (nSPS) is 20.5. The van der Waals surface area contributed by atoms with Gasteiger partial charge in [-0.05, 0) is 19.4 Å². The Morgan fingerprint density at radius 2 is 2.08 bits per heavy atom. The van der Waals surface area contributed by atoms with E-state index in [1.807, 2.05) is 13.8 Å². The lowest BCUT2D eigenvalue weighted by molar-refractivity contribution is 0.0949. The standard InChI is InChI=1S/C8H10N2OS2/c1-3-4(2)13-7-5(3)6(11)9-8(12)10-7/h8,10,12H,1-2H3,(H,9,11). The summed E-state index contributed by atoms with van der Waals surface area (Å²) < 4.78 is 0. The SMILES string of the molecule is Cc1sc2c(c1C)C(=O)NC(S)N2. The van der Waals surface area contributed by atoms with Gasteiger partial charge in [0, 0.05) is 4.88 Å². The number of thiol groups is 1. The topological polar surface area (TPSA) is 41.1 Å². The zero-order chi connectivity index (χ0) is 9.59. The number of carbonyl (C=O) groups excluding carboxylic acids is 1. The van der Waals surface area contributed by atoms with Crippen LogP contribution in [0.1, 0.15) is 20.8 Å². The number of anilines is 1. The van der Waals surface area contributed by atoms with E-state index in [-0.39, 0.29) is 11.4 Å². The van der Waals surface area contributed by atoms with Crippen molar-refractivity contribution in [2.45, 2.75) is 19.3 Å². The second-order valence-electron chi connectivity index (χ2n) is 3.01. The Balaban J connectivity index is 2.55. The lowest BCUT2D eigenvalue weighted by Crippen LogP contribution is -2.40. The van der Waals surface area contributed by atoms with E-state index < -0.39 is 0 Å². The van der Waals surface area contributed by atoms with Gasteiger partial charge in [0.25, 0.3) is 5.91 Å². The molecule has 2 rings (SSSR count). The van der Waals surface area contributed by atoms with Crippen molar-refractivity contribution in [1.29, 1.82) is 0 Å². The first-order valence-corrected chi connectivity index (χ1v) is 5.28. The van der Waals surface area contributed by atoms with Crippen molar-refractivity contribution in [3.8, 4) is 0 Å². The number of rotatable bonds is 0. The average Bonchev–Trinajstić information content (AvgIpc) is 2.27. The first-order chi connectivity index (χ1) is 6.09. The second-order valence-corrected chi connectivity index (χ2v) is 4.75. The Kier molecular flexibility index (Phi) is 2.00. The highest BCUT2D eigenvalue weighted by Crippen LogP contribution is 2.34. The molecule has 0 saturated carbocycles. The van der Waals surface area contributed by atoms with E-state index in [0.717, 1.165) is 16.1 Å². The van der Waals surface area contributed by atoms with Crippen LogP contribution in [-0.2, 0) is 0 Å². The lowest BCUT2D eigenvalue weighted by Gasteiger charge is -2.21. The third-order valence-corrected chi connectivity index (χ3v) is 3.54. The maximum atomic E-state index is 11.5. The molecule has 1 aliphatic heterocycles. The van der Waals surface area contributed by atoms with Crippen LogP contribution in [0.15, 0.2) is 0 Å². The maximum absolute atomic E-state index is 11.5. The molecule has 0 aromatic carbocycles. The van der Waals surface area contributed by atoms with Gasteiger partial charge in [0.2, 0.25) is 0 Å². The molecular weight excluding hydrogens is 204 g/mol. The van der Waals surface area contributed by atoms with E-state index in [0.29, 0.717) is 0 Å². The van der Waals surface area contributed by atoms with Gasteiger partial charge in [0.05, 0.1) is 5.56 Å². The molecular formula is C8H10N2OS2. The largest absolute Gasteiger partial charge is 0.348 e. The van der Waals surface area contributed by atoms with Gasteiger partial charge < -0.3 is 10.6 Å². The highest BCUT2D eigenvalue weighted by molar-refractivity contribution is 7.81. The van der Waals surface area contributed by atoms with E-state index in [1.165, 1.54) is 4.88 Å². The molecule has 3 nitrogen and oxygen atoms in total. The molecule has 2 heterocycles. The molecule has 0 saturated heterocycles. The van der Waals surface area contributed by atoms with Crippen LogP contribution < -0.4 is 10.6 Å². The molecule has 0 aliphatic carbocycles. The lowest BCUT2D eigenvalue weighted by atomic mass is 10.1. The van der Waals surface area contributed by atoms with Gasteiger partial charge in [0.15, 0.2) is 0 Å². The van der Waals surface area contributed by atoms with Gasteiger partial charge >= 0.3 is 0 Å². The van der Waals surface area contributed by atoms with Crippen molar-refractivity contribution in [3.63, 3.8) is 0 Å². The zero-order valence-corrected chi connectivity index (χ0v) is 9.05. The molecule has 1 aliphatic rings. The summed E-state index contributed by atoms with van der Waals surface area (Å²) >= 11 is 5.76. The van der Waals surface area contributed by atoms with Gasteiger partial charge in [-0.3, -0.25) is 4.79 Å². The maximum Gasteiger partial charge on any atom is 0.256 e. The fourth-order valence-electron chi connectivity index (χ4n) is 1.36. The van der Waals surface area contributed by atoms with Gasteiger partial charge in [-0.15, -0.1) is 24.0 Å². The molecule has 5 heteroatoms. The van der Waals surface area contributed by atoms with Crippen molar-refractivity contribution in [2.24, 2.45) is 0 Å². The van der Waals surface area contributed by atoms with E-state index in [1.54, 1.807) is 11.3 Å². The van der Waals surface area contributed by atoms with Crippen molar-refractivity contribution in [3.05, 3.63) is 16.0 Å². The summed E-state index contributed by atoms with van der Waals surface area (Å²) in [5.41, 5.74) is 1.57. The fourth-order valence-corrected chi connectivity index (χ4v) is 2.78. The van der Waals surface area contributed by atoms with Gasteiger partial charge in [-0.25, -0.2) is 0 Å². The number of thiophene rings is 1. The summed E-state index contributed by atoms with van der Waals surface area (Å²) in [5.74, 6) is -0.0319. The van der Waals surface area contributed by atoms with Gasteiger partial charge in [-0.1, -0.05) is 0 Å². The minimum atomic E-state index is -0.266. The van der Waals surface area contributed by atoms with Crippen LogP contribution in [-0.4, -0.2) is 11.4 Å². The van der Waals surface area contributed by atoms with Gasteiger partial charge in [-0.2, -0.15) is 0 Å². The molecule has 13 heavy (non-hydrogen) atoms. The summed E-state index contributed by atoms with van der Waals surface area (Å²) in [4.78, 5) is 12.7. The third kappa shape index (κ3) is 1.32. The Labute approximate surface area is 85.9 Å². The first-order valence-electron chi connectivity index (χ1n) is 3.95. The van der Waals surface area contributed by atoms with Crippen LogP contribution in [0, 0.1) is 13.8 Å². The zero-order valence-electron chi connectivity index (χ0n) is 7.34. The second kappa shape index (κ2) is 2.92. The minimum Gasteiger partial charge on any atom is -0.348 e. The van der Waals surface area contributed by atoms with Crippen LogP contribution in [0.2, 0.25) is 0 Å². The minimum absolute atomic E-state index is 0.0319. The number of amides is 1. The Morgan fingerprint density at radius 1 is 1.38 bits per heavy atom. The number of fused-ring (bicyclic) bond motifs is 1. The fraction of sp³-hybridized carbons (Fsp3) is 0.375. The summed E-state index contributed by atoms with van der Waals surface area (Å²) in [6.45, 7) is 3.98. The molecule has 0 radical (unpaired) electrons. The number of nitrogens with one attached hydrogen (secondary N) is 2. The third-order valence-electron chi connectivity index (χ3n) is 2.15. The van der Waals surface area contributed by atoms with E-state index in [2.05, 4.69) is 23.3 Å². The monoisotopic (exact) mass is 214 g/mol. The van der Waals surface area contributed by atoms with Crippen LogP contribution >= 0.6 is 24.0 Å². The van der Waals surface area contributed by atoms with Crippen molar-refractivity contribution in [2.75, 3.05) is 5.32 Å². The number of hydrogen-bond acceptors (Lipinski definition) is 4. The van der Waals surface area contributed by atoms with Gasteiger partial charge in [0.1, 0.15) is 10.5 Å². The summed E-state index contributed by atoms with van der Waals surface area (Å²) in [6.07, 6.45) is 0. The molecule has 1 atom stereocenters. The molecule has 0 bridgehead atoms. The Morgan fingerprint density at radius 3 is 2.77 bits per heavy atom. The molecule has 1 aromatic rings. The van der Waals surface area contributed by atoms with Crippen molar-refractivity contribution < 1.29 is 4.79 Å². The average molecular weight is 214 g/mol. The predicted molar refractivity (Wildman–Crippen MR) is 57.7 cm³/mol. The summed E-state index contributed by atoms with van der Waals surface area (Å²) in [6, 6.07) is 0. The van der Waals surface area contributed by atoms with Crippen LogP contribution in [0.4, 0.5) is 5.00 Å². The van der Waals surface area contributed by atoms with Crippen molar-refractivity contribution >= 4 is 34.9 Å². The highest BCUT2D eigenvalue weighted by Gasteiger charge is 2.25. The molecule has 2 N–H and O–H groups in total. The molecule has 1 unspecified atom stereocenters. The Bertz CT molecular complexity index is 372. The highest BCUT2D eigenvalue weighted by atomic mass is 32.1. The van der Waals surface area contributed by atoms with E-state index >= 15 is 0 Å². The smallest absolute Gasteiger partial charge is 0.256 e. The van der Waals surface area contributed by atoms with Crippen LogP contribution in [0.25, 0.3) is 0 Å². The first kappa shape index (κ1) is 8.90. The quantitative estimate of drug-likeness (QED) is 0.576. The summed E-state index contributed by atoms with van der Waals surface area (Å²) in [5, 5.41) is 6.74. The number of carbonyl (C=O) groups is 1. The summed E-state index contributed by atoms with van der Waals surface area (Å²) in [7, 11) is 0. The molecule has 1 aromatic heterocycles. The van der Waals surface area contributed by atoms with Crippen LogP contribution in [0.5, 0.6) is 0 Å². The van der Waals surface area contributed by atoms with Crippen molar-refractivity contribution in [1.82, 2.24) is 5.32 Å². The molecule has 0 fully saturated rings. The molecule has 0 spiro atoms. The van der Waals surface area contributed by atoms with E-state index in [4.69, 9.17) is 0 Å².